The molecule has 1 heterocycles. The van der Waals surface area contributed by atoms with Crippen LogP contribution in [0.3, 0.4) is 0 Å². The van der Waals surface area contributed by atoms with Crippen LogP contribution in [0.1, 0.15) is 51.6 Å². The standard InChI is InChI=1S/C13H23N.ClH/c1-3-5-7-11-14-12-8-10-13(14)9-6-4-2;/h8,10,12H,3-7,9,11H2,1-2H3;1H. The van der Waals surface area contributed by atoms with Crippen molar-refractivity contribution in [2.45, 2.75) is 58.9 Å². The van der Waals surface area contributed by atoms with Gasteiger partial charge in [-0.1, -0.05) is 33.1 Å². The highest BCUT2D eigenvalue weighted by molar-refractivity contribution is 5.85. The van der Waals surface area contributed by atoms with Crippen molar-refractivity contribution >= 4 is 12.4 Å². The lowest BCUT2D eigenvalue weighted by atomic mass is 10.2. The van der Waals surface area contributed by atoms with E-state index in [-0.39, 0.29) is 12.4 Å². The number of aromatic nitrogens is 1. The molecule has 0 radical (unpaired) electrons. The second kappa shape index (κ2) is 8.84. The fourth-order valence-electron chi connectivity index (χ4n) is 1.78. The van der Waals surface area contributed by atoms with Gasteiger partial charge in [-0.15, -0.1) is 12.4 Å². The topological polar surface area (TPSA) is 4.93 Å². The SMILES string of the molecule is CCCCCn1cccc1CCCC.Cl. The van der Waals surface area contributed by atoms with Crippen LogP contribution in [-0.4, -0.2) is 4.57 Å². The fourth-order valence-corrected chi connectivity index (χ4v) is 1.78. The van der Waals surface area contributed by atoms with Crippen LogP contribution in [-0.2, 0) is 13.0 Å². The maximum absolute atomic E-state index is 2.42. The van der Waals surface area contributed by atoms with Crippen molar-refractivity contribution in [1.82, 2.24) is 4.57 Å². The Labute approximate surface area is 100 Å². The second-order valence-corrected chi connectivity index (χ2v) is 4.00. The first-order chi connectivity index (χ1) is 6.88. The van der Waals surface area contributed by atoms with Crippen molar-refractivity contribution in [3.63, 3.8) is 0 Å². The molecule has 0 unspecified atom stereocenters. The third-order valence-electron chi connectivity index (χ3n) is 2.71. The molecule has 0 saturated heterocycles. The molecule has 0 amide bonds. The van der Waals surface area contributed by atoms with Crippen molar-refractivity contribution in [2.24, 2.45) is 0 Å². The van der Waals surface area contributed by atoms with Crippen molar-refractivity contribution in [1.29, 1.82) is 0 Å². The van der Waals surface area contributed by atoms with E-state index in [0.29, 0.717) is 0 Å². The third-order valence-corrected chi connectivity index (χ3v) is 2.71. The van der Waals surface area contributed by atoms with Gasteiger partial charge in [0.05, 0.1) is 0 Å². The van der Waals surface area contributed by atoms with Gasteiger partial charge < -0.3 is 4.57 Å². The quantitative estimate of drug-likeness (QED) is 0.609. The molecule has 0 spiro atoms. The van der Waals surface area contributed by atoms with Gasteiger partial charge in [-0.2, -0.15) is 0 Å². The zero-order chi connectivity index (χ0) is 10.2. The smallest absolute Gasteiger partial charge is 0.0222 e. The van der Waals surface area contributed by atoms with Crippen molar-refractivity contribution in [2.75, 3.05) is 0 Å². The molecule has 2 heteroatoms. The molecule has 0 fully saturated rings. The van der Waals surface area contributed by atoms with Gasteiger partial charge in [0.25, 0.3) is 0 Å². The minimum atomic E-state index is 0. The van der Waals surface area contributed by atoms with Crippen LogP contribution in [0, 0.1) is 0 Å². The Morgan fingerprint density at radius 1 is 1.07 bits per heavy atom. The minimum absolute atomic E-state index is 0. The summed E-state index contributed by atoms with van der Waals surface area (Å²) in [5, 5.41) is 0. The van der Waals surface area contributed by atoms with Gasteiger partial charge in [0.2, 0.25) is 0 Å². The molecule has 88 valence electrons. The van der Waals surface area contributed by atoms with E-state index >= 15 is 0 Å². The van der Waals surface area contributed by atoms with Crippen LogP contribution < -0.4 is 0 Å². The first-order valence-electron chi connectivity index (χ1n) is 6.02. The lowest BCUT2D eigenvalue weighted by molar-refractivity contribution is 0.579. The Morgan fingerprint density at radius 2 is 1.80 bits per heavy atom. The monoisotopic (exact) mass is 229 g/mol. The molecule has 0 bridgehead atoms. The summed E-state index contributed by atoms with van der Waals surface area (Å²) < 4.78 is 2.42. The molecule has 0 aliphatic rings. The summed E-state index contributed by atoms with van der Waals surface area (Å²) in [5.74, 6) is 0. The minimum Gasteiger partial charge on any atom is -0.351 e. The van der Waals surface area contributed by atoms with Gasteiger partial charge in [0, 0.05) is 18.4 Å². The molecule has 1 nitrogen and oxygen atoms in total. The van der Waals surface area contributed by atoms with Gasteiger partial charge in [-0.3, -0.25) is 0 Å². The number of halogens is 1. The Hall–Kier alpha value is -0.430. The summed E-state index contributed by atoms with van der Waals surface area (Å²) in [7, 11) is 0. The Morgan fingerprint density at radius 3 is 2.47 bits per heavy atom. The summed E-state index contributed by atoms with van der Waals surface area (Å²) in [5.41, 5.74) is 1.52. The number of aryl methyl sites for hydroxylation is 2. The molecule has 0 aromatic carbocycles. The lowest BCUT2D eigenvalue weighted by Gasteiger charge is -2.08. The Balaban J connectivity index is 0.00000196. The molecule has 0 aliphatic carbocycles. The number of hydrogen-bond acceptors (Lipinski definition) is 0. The molecule has 1 rings (SSSR count). The van der Waals surface area contributed by atoms with E-state index < -0.39 is 0 Å². The molecule has 1 aromatic heterocycles. The highest BCUT2D eigenvalue weighted by Gasteiger charge is 1.99. The van der Waals surface area contributed by atoms with E-state index in [1.54, 1.807) is 0 Å². The van der Waals surface area contributed by atoms with Crippen LogP contribution in [0.15, 0.2) is 18.3 Å². The zero-order valence-corrected chi connectivity index (χ0v) is 10.9. The van der Waals surface area contributed by atoms with E-state index in [4.69, 9.17) is 0 Å². The predicted octanol–water partition coefficient (Wildman–Crippen LogP) is 4.44. The molecule has 1 aromatic rings. The Bertz CT molecular complexity index is 242. The van der Waals surface area contributed by atoms with Gasteiger partial charge in [-0.25, -0.2) is 0 Å². The van der Waals surface area contributed by atoms with Crippen LogP contribution >= 0.6 is 12.4 Å². The predicted molar refractivity (Wildman–Crippen MR) is 69.8 cm³/mol. The second-order valence-electron chi connectivity index (χ2n) is 4.00. The highest BCUT2D eigenvalue weighted by Crippen LogP contribution is 2.09. The number of rotatable bonds is 7. The van der Waals surface area contributed by atoms with E-state index in [2.05, 4.69) is 36.7 Å². The molecule has 0 aliphatic heterocycles. The summed E-state index contributed by atoms with van der Waals surface area (Å²) >= 11 is 0. The zero-order valence-electron chi connectivity index (χ0n) is 10.0. The third kappa shape index (κ3) is 5.27. The van der Waals surface area contributed by atoms with E-state index in [1.807, 2.05) is 0 Å². The average molecular weight is 230 g/mol. The maximum atomic E-state index is 2.42. The van der Waals surface area contributed by atoms with Gasteiger partial charge in [0.15, 0.2) is 0 Å². The Kier molecular flexibility index (Phi) is 8.59. The normalized spacial score (nSPS) is 10.0. The lowest BCUT2D eigenvalue weighted by Crippen LogP contribution is -2.01. The number of unbranched alkanes of at least 4 members (excludes halogenated alkanes) is 3. The van der Waals surface area contributed by atoms with Crippen molar-refractivity contribution in [3.8, 4) is 0 Å². The van der Waals surface area contributed by atoms with Crippen LogP contribution in [0.25, 0.3) is 0 Å². The first kappa shape index (κ1) is 14.6. The van der Waals surface area contributed by atoms with Crippen molar-refractivity contribution < 1.29 is 0 Å². The maximum Gasteiger partial charge on any atom is 0.0222 e. The highest BCUT2D eigenvalue weighted by atomic mass is 35.5. The largest absolute Gasteiger partial charge is 0.351 e. The summed E-state index contributed by atoms with van der Waals surface area (Å²) in [6, 6.07) is 4.44. The van der Waals surface area contributed by atoms with Gasteiger partial charge in [-0.05, 0) is 31.4 Å². The molecule has 0 atom stereocenters. The molecule has 0 saturated carbocycles. The van der Waals surface area contributed by atoms with E-state index in [9.17, 15) is 0 Å². The summed E-state index contributed by atoms with van der Waals surface area (Å²) in [6.45, 7) is 5.72. The summed E-state index contributed by atoms with van der Waals surface area (Å²) in [6.07, 6.45) is 10.1. The molecular weight excluding hydrogens is 206 g/mol. The average Bonchev–Trinajstić information content (AvgIpc) is 2.63. The van der Waals surface area contributed by atoms with Crippen molar-refractivity contribution in [3.05, 3.63) is 24.0 Å². The van der Waals surface area contributed by atoms with Gasteiger partial charge >= 0.3 is 0 Å². The first-order valence-corrected chi connectivity index (χ1v) is 6.02. The van der Waals surface area contributed by atoms with Crippen LogP contribution in [0.2, 0.25) is 0 Å². The fraction of sp³-hybridized carbons (Fsp3) is 0.692. The van der Waals surface area contributed by atoms with Gasteiger partial charge in [0.1, 0.15) is 0 Å². The molecule has 15 heavy (non-hydrogen) atoms. The van der Waals surface area contributed by atoms with E-state index in [0.717, 1.165) is 0 Å². The van der Waals surface area contributed by atoms with Crippen LogP contribution in [0.5, 0.6) is 0 Å². The summed E-state index contributed by atoms with van der Waals surface area (Å²) in [4.78, 5) is 0. The molecular formula is C13H24ClN. The van der Waals surface area contributed by atoms with E-state index in [1.165, 1.54) is 50.8 Å². The number of hydrogen-bond donors (Lipinski definition) is 0. The number of nitrogens with zero attached hydrogens (tertiary/aromatic N) is 1. The van der Waals surface area contributed by atoms with Crippen LogP contribution in [0.4, 0.5) is 0 Å². The molecule has 0 N–H and O–H groups in total.